The van der Waals surface area contributed by atoms with Crippen molar-refractivity contribution in [2.45, 2.75) is 4.90 Å². The molecular formula is C25H18N4O7S3. The first-order chi connectivity index (χ1) is 18.7. The number of hydrogen-bond donors (Lipinski definition) is 1. The number of amidine groups is 1. The maximum atomic E-state index is 13.2. The van der Waals surface area contributed by atoms with Crippen molar-refractivity contribution < 1.29 is 27.6 Å². The van der Waals surface area contributed by atoms with E-state index in [9.17, 15) is 23.3 Å². The number of non-ortho nitro benzene ring substituents is 1. The SMILES string of the molecule is O=C1/C(=C/c2ccccc2OCCOc2ccc([N+](=O)[O-])cc2)SC(=S)N1NC1=NS(=O)(=O)c2ccccc21. The van der Waals surface area contributed by atoms with Crippen LogP contribution in [-0.4, -0.2) is 47.6 Å². The average molecular weight is 583 g/mol. The van der Waals surface area contributed by atoms with Crippen LogP contribution in [-0.2, 0) is 14.8 Å². The molecule has 2 aliphatic rings. The molecule has 1 amide bonds. The summed E-state index contributed by atoms with van der Waals surface area (Å²) in [7, 11) is -3.86. The van der Waals surface area contributed by atoms with Gasteiger partial charge in [0.15, 0.2) is 10.2 Å². The molecule has 0 unspecified atom stereocenters. The predicted molar refractivity (Wildman–Crippen MR) is 149 cm³/mol. The van der Waals surface area contributed by atoms with E-state index in [2.05, 4.69) is 9.82 Å². The maximum absolute atomic E-state index is 13.2. The smallest absolute Gasteiger partial charge is 0.285 e. The number of fused-ring (bicyclic) bond motifs is 1. The van der Waals surface area contributed by atoms with Crippen LogP contribution >= 0.6 is 24.0 Å². The average Bonchev–Trinajstić information content (AvgIpc) is 3.34. The zero-order chi connectivity index (χ0) is 27.6. The zero-order valence-corrected chi connectivity index (χ0v) is 22.3. The van der Waals surface area contributed by atoms with Crippen molar-refractivity contribution in [2.75, 3.05) is 13.2 Å². The highest BCUT2D eigenvalue weighted by Gasteiger charge is 2.36. The van der Waals surface area contributed by atoms with Gasteiger partial charge in [-0.3, -0.25) is 20.3 Å². The van der Waals surface area contributed by atoms with Crippen molar-refractivity contribution >= 4 is 61.8 Å². The minimum atomic E-state index is -3.86. The summed E-state index contributed by atoms with van der Waals surface area (Å²) in [6.45, 7) is 0.364. The third kappa shape index (κ3) is 5.62. The van der Waals surface area contributed by atoms with Crippen LogP contribution in [0.4, 0.5) is 5.69 Å². The van der Waals surface area contributed by atoms with Gasteiger partial charge in [0, 0.05) is 23.3 Å². The van der Waals surface area contributed by atoms with Gasteiger partial charge in [0.2, 0.25) is 0 Å². The van der Waals surface area contributed by atoms with Gasteiger partial charge in [0.25, 0.3) is 21.6 Å². The number of para-hydroxylation sites is 1. The van der Waals surface area contributed by atoms with Crippen LogP contribution < -0.4 is 14.9 Å². The van der Waals surface area contributed by atoms with E-state index in [1.807, 2.05) is 0 Å². The van der Waals surface area contributed by atoms with Gasteiger partial charge in [-0.1, -0.05) is 42.1 Å². The Balaban J connectivity index is 1.25. The minimum absolute atomic E-state index is 0.0138. The number of ether oxygens (including phenoxy) is 2. The second-order valence-electron chi connectivity index (χ2n) is 8.03. The Morgan fingerprint density at radius 3 is 2.49 bits per heavy atom. The summed E-state index contributed by atoms with van der Waals surface area (Å²) in [6.07, 6.45) is 1.63. The number of amides is 1. The number of rotatable bonds is 8. The van der Waals surface area contributed by atoms with Gasteiger partial charge < -0.3 is 9.47 Å². The number of carbonyl (C=O) groups is 1. The predicted octanol–water partition coefficient (Wildman–Crippen LogP) is 3.91. The first kappa shape index (κ1) is 26.3. The van der Waals surface area contributed by atoms with Gasteiger partial charge in [-0.05, 0) is 48.6 Å². The van der Waals surface area contributed by atoms with Gasteiger partial charge in [0.05, 0.1) is 9.83 Å². The fourth-order valence-electron chi connectivity index (χ4n) is 3.70. The molecule has 2 heterocycles. The summed E-state index contributed by atoms with van der Waals surface area (Å²) >= 11 is 6.42. The number of sulfonamides is 1. The molecule has 2 aliphatic heterocycles. The lowest BCUT2D eigenvalue weighted by atomic mass is 10.2. The highest BCUT2D eigenvalue weighted by atomic mass is 32.2. The molecule has 3 aromatic rings. The van der Waals surface area contributed by atoms with E-state index < -0.39 is 20.9 Å². The van der Waals surface area contributed by atoms with Crippen LogP contribution in [0.2, 0.25) is 0 Å². The summed E-state index contributed by atoms with van der Waals surface area (Å²) in [5.41, 5.74) is 3.70. The number of benzene rings is 3. The molecule has 3 aromatic carbocycles. The first-order valence-corrected chi connectivity index (χ1v) is 14.0. The van der Waals surface area contributed by atoms with Gasteiger partial charge in [-0.2, -0.15) is 13.4 Å². The lowest BCUT2D eigenvalue weighted by molar-refractivity contribution is -0.384. The van der Waals surface area contributed by atoms with Crippen molar-refractivity contribution in [3.63, 3.8) is 0 Å². The highest BCUT2D eigenvalue weighted by molar-refractivity contribution is 8.26. The molecule has 1 N–H and O–H groups in total. The third-order valence-corrected chi connectivity index (χ3v) is 8.14. The van der Waals surface area contributed by atoms with Gasteiger partial charge >= 0.3 is 0 Å². The summed E-state index contributed by atoms with van der Waals surface area (Å²) in [5.74, 6) is 0.518. The van der Waals surface area contributed by atoms with E-state index in [1.165, 1.54) is 30.3 Å². The van der Waals surface area contributed by atoms with Gasteiger partial charge in [0.1, 0.15) is 29.6 Å². The van der Waals surface area contributed by atoms with Crippen LogP contribution in [0, 0.1) is 10.1 Å². The monoisotopic (exact) mass is 582 g/mol. The van der Waals surface area contributed by atoms with Crippen molar-refractivity contribution in [3.05, 3.63) is 98.9 Å². The Bertz CT molecular complexity index is 1650. The largest absolute Gasteiger partial charge is 0.490 e. The fourth-order valence-corrected chi connectivity index (χ4v) is 6.05. The van der Waals surface area contributed by atoms with E-state index in [0.717, 1.165) is 16.8 Å². The molecule has 1 fully saturated rings. The number of hydrazine groups is 1. The molecule has 0 saturated carbocycles. The molecule has 0 radical (unpaired) electrons. The second-order valence-corrected chi connectivity index (χ2v) is 11.3. The van der Waals surface area contributed by atoms with Gasteiger partial charge in [-0.25, -0.2) is 0 Å². The quantitative estimate of drug-likeness (QED) is 0.137. The van der Waals surface area contributed by atoms with Crippen molar-refractivity contribution in [3.8, 4) is 11.5 Å². The normalized spacial score (nSPS) is 16.7. The first-order valence-electron chi connectivity index (χ1n) is 11.3. The van der Waals surface area contributed by atoms with Crippen LogP contribution in [0.1, 0.15) is 11.1 Å². The number of nitrogens with one attached hydrogen (secondary N) is 1. The summed E-state index contributed by atoms with van der Waals surface area (Å²) in [5, 5.41) is 11.9. The molecule has 0 atom stereocenters. The molecule has 198 valence electrons. The lowest BCUT2D eigenvalue weighted by Crippen LogP contribution is -2.44. The highest BCUT2D eigenvalue weighted by Crippen LogP contribution is 2.34. The van der Waals surface area contributed by atoms with E-state index in [4.69, 9.17) is 21.7 Å². The van der Waals surface area contributed by atoms with E-state index >= 15 is 0 Å². The Kier molecular flexibility index (Phi) is 7.32. The summed E-state index contributed by atoms with van der Waals surface area (Å²) in [4.78, 5) is 23.8. The number of nitro groups is 1. The molecule has 39 heavy (non-hydrogen) atoms. The Labute approximate surface area is 232 Å². The molecule has 0 bridgehead atoms. The van der Waals surface area contributed by atoms with Crippen LogP contribution in [0.5, 0.6) is 11.5 Å². The second kappa shape index (κ2) is 10.8. The molecule has 0 aromatic heterocycles. The topological polar surface area (TPSA) is 140 Å². The van der Waals surface area contributed by atoms with Crippen molar-refractivity contribution in [2.24, 2.45) is 4.40 Å². The lowest BCUT2D eigenvalue weighted by Gasteiger charge is -2.16. The Hall–Kier alpha value is -4.27. The third-order valence-electron chi connectivity index (χ3n) is 5.51. The minimum Gasteiger partial charge on any atom is -0.490 e. The summed E-state index contributed by atoms with van der Waals surface area (Å²) < 4.78 is 40.0. The van der Waals surface area contributed by atoms with E-state index in [0.29, 0.717) is 27.5 Å². The Morgan fingerprint density at radius 2 is 1.72 bits per heavy atom. The number of thiocarbonyl (C=S) groups is 1. The fraction of sp³-hybridized carbons (Fsp3) is 0.0800. The van der Waals surface area contributed by atoms with Crippen LogP contribution in [0.3, 0.4) is 0 Å². The zero-order valence-electron chi connectivity index (χ0n) is 19.8. The number of nitrogens with zero attached hydrogens (tertiary/aromatic N) is 3. The Morgan fingerprint density at radius 1 is 1.03 bits per heavy atom. The summed E-state index contributed by atoms with van der Waals surface area (Å²) in [6, 6.07) is 19.1. The van der Waals surface area contributed by atoms with E-state index in [-0.39, 0.29) is 34.0 Å². The molecule has 1 saturated heterocycles. The number of nitro benzene ring substituents is 1. The molecule has 0 aliphatic carbocycles. The van der Waals surface area contributed by atoms with Crippen LogP contribution in [0.15, 0.2) is 87.0 Å². The standard InChI is InChI=1S/C25H18N4O7S3/c30-24-21(38-25(37)28(24)26-23-19-6-2-4-8-22(19)39(33,34)27-23)15-16-5-1-3-7-20(16)36-14-13-35-18-11-9-17(10-12-18)29(31)32/h1-12,15H,13-14H2,(H,26,27)/b21-15-. The van der Waals surface area contributed by atoms with E-state index in [1.54, 1.807) is 48.5 Å². The maximum Gasteiger partial charge on any atom is 0.285 e. The van der Waals surface area contributed by atoms with Crippen molar-refractivity contribution in [1.82, 2.24) is 10.4 Å². The van der Waals surface area contributed by atoms with Crippen molar-refractivity contribution in [1.29, 1.82) is 0 Å². The van der Waals surface area contributed by atoms with Crippen LogP contribution in [0.25, 0.3) is 6.08 Å². The molecule has 11 nitrogen and oxygen atoms in total. The van der Waals surface area contributed by atoms with Gasteiger partial charge in [-0.15, -0.1) is 4.40 Å². The number of hydrogen-bond acceptors (Lipinski definition) is 10. The molecule has 5 rings (SSSR count). The molecule has 14 heteroatoms. The number of thioether (sulfide) groups is 1. The molecule has 0 spiro atoms. The number of carbonyl (C=O) groups excluding carboxylic acids is 1. The molecular weight excluding hydrogens is 564 g/mol.